The fourth-order valence-electron chi connectivity index (χ4n) is 3.50. The Balaban J connectivity index is 1.97. The molecule has 0 aromatic heterocycles. The molecule has 116 valence electrons. The van der Waals surface area contributed by atoms with Crippen molar-refractivity contribution >= 4 is 22.9 Å². The van der Waals surface area contributed by atoms with E-state index >= 15 is 0 Å². The molecule has 23 heavy (non-hydrogen) atoms. The normalized spacial score (nSPS) is 16.4. The third-order valence-electron chi connectivity index (χ3n) is 4.64. The van der Waals surface area contributed by atoms with Crippen molar-refractivity contribution in [1.82, 2.24) is 0 Å². The Morgan fingerprint density at radius 3 is 2.13 bits per heavy atom. The number of aromatic hydroxyl groups is 1. The lowest BCUT2D eigenvalue weighted by Crippen LogP contribution is -2.25. The van der Waals surface area contributed by atoms with Gasteiger partial charge < -0.3 is 15.7 Å². The number of phenols is 1. The maximum absolute atomic E-state index is 12.8. The van der Waals surface area contributed by atoms with Gasteiger partial charge in [0.25, 0.3) is 0 Å². The Morgan fingerprint density at radius 1 is 0.957 bits per heavy atom. The second-order valence-corrected chi connectivity index (χ2v) is 5.98. The molecule has 0 saturated carbocycles. The monoisotopic (exact) mass is 308 g/mol. The maximum Gasteiger partial charge on any atom is 0.198 e. The molecular formula is C18H16N2O3. The summed E-state index contributed by atoms with van der Waals surface area (Å²) < 4.78 is 0. The highest BCUT2D eigenvalue weighted by molar-refractivity contribution is 6.31. The van der Waals surface area contributed by atoms with Crippen molar-refractivity contribution in [1.29, 1.82) is 0 Å². The molecule has 0 atom stereocenters. The van der Waals surface area contributed by atoms with Gasteiger partial charge in [-0.05, 0) is 12.8 Å². The zero-order valence-electron chi connectivity index (χ0n) is 12.5. The molecule has 4 rings (SSSR count). The lowest BCUT2D eigenvalue weighted by molar-refractivity contribution is 0.0977. The predicted octanol–water partition coefficient (Wildman–Crippen LogP) is 2.35. The number of hydrogen-bond donors (Lipinski definition) is 2. The number of benzene rings is 2. The average molecular weight is 308 g/mol. The van der Waals surface area contributed by atoms with E-state index in [-0.39, 0.29) is 34.1 Å². The van der Waals surface area contributed by atoms with E-state index in [1.54, 1.807) is 24.3 Å². The van der Waals surface area contributed by atoms with Crippen LogP contribution in [0.5, 0.6) is 5.75 Å². The van der Waals surface area contributed by atoms with Gasteiger partial charge in [0.05, 0.1) is 22.5 Å². The molecule has 0 radical (unpaired) electrons. The van der Waals surface area contributed by atoms with Crippen LogP contribution in [0.2, 0.25) is 0 Å². The maximum atomic E-state index is 12.8. The Morgan fingerprint density at radius 2 is 1.52 bits per heavy atom. The first-order valence-corrected chi connectivity index (χ1v) is 7.68. The highest BCUT2D eigenvalue weighted by Gasteiger charge is 2.35. The molecule has 0 unspecified atom stereocenters. The van der Waals surface area contributed by atoms with Crippen LogP contribution in [0.15, 0.2) is 30.3 Å². The second-order valence-electron chi connectivity index (χ2n) is 5.98. The number of ketones is 2. The molecule has 1 heterocycles. The van der Waals surface area contributed by atoms with Gasteiger partial charge in [0.15, 0.2) is 11.6 Å². The van der Waals surface area contributed by atoms with Crippen molar-refractivity contribution in [2.75, 3.05) is 23.7 Å². The van der Waals surface area contributed by atoms with Crippen LogP contribution in [0.1, 0.15) is 44.7 Å². The molecule has 5 nitrogen and oxygen atoms in total. The molecule has 3 N–H and O–H groups in total. The highest BCUT2D eigenvalue weighted by Crippen LogP contribution is 2.42. The Kier molecular flexibility index (Phi) is 2.91. The van der Waals surface area contributed by atoms with Gasteiger partial charge >= 0.3 is 0 Å². The molecule has 0 spiro atoms. The van der Waals surface area contributed by atoms with Crippen LogP contribution in [0.3, 0.4) is 0 Å². The van der Waals surface area contributed by atoms with Gasteiger partial charge in [-0.1, -0.05) is 24.3 Å². The molecule has 0 amide bonds. The molecule has 2 aliphatic rings. The van der Waals surface area contributed by atoms with Gasteiger partial charge in [-0.3, -0.25) is 9.59 Å². The van der Waals surface area contributed by atoms with Gasteiger partial charge in [0.2, 0.25) is 0 Å². The standard InChI is InChI=1S/C18H16N2O3/c19-16-12(20-7-3-4-8-20)9-13(21)14-15(16)18(23)11-6-2-1-5-10(11)17(14)22/h1-2,5-6,9,21H,3-4,7-8,19H2. The van der Waals surface area contributed by atoms with E-state index in [1.807, 2.05) is 4.90 Å². The van der Waals surface area contributed by atoms with Crippen molar-refractivity contribution in [3.8, 4) is 5.75 Å². The number of phenolic OH excluding ortho intramolecular Hbond substituents is 1. The highest BCUT2D eigenvalue weighted by atomic mass is 16.3. The minimum Gasteiger partial charge on any atom is -0.507 e. The fourth-order valence-corrected chi connectivity index (χ4v) is 3.50. The fraction of sp³-hybridized carbons (Fsp3) is 0.222. The van der Waals surface area contributed by atoms with Crippen LogP contribution in [0, 0.1) is 0 Å². The molecule has 1 fully saturated rings. The predicted molar refractivity (Wildman–Crippen MR) is 87.3 cm³/mol. The quantitative estimate of drug-likeness (QED) is 0.532. The van der Waals surface area contributed by atoms with Crippen molar-refractivity contribution in [2.45, 2.75) is 12.8 Å². The zero-order valence-corrected chi connectivity index (χ0v) is 12.5. The van der Waals surface area contributed by atoms with E-state index in [0.29, 0.717) is 16.8 Å². The molecule has 1 aliphatic carbocycles. The number of carbonyl (C=O) groups is 2. The van der Waals surface area contributed by atoms with Crippen molar-refractivity contribution < 1.29 is 14.7 Å². The molecule has 1 aliphatic heterocycles. The summed E-state index contributed by atoms with van der Waals surface area (Å²) >= 11 is 0. The van der Waals surface area contributed by atoms with E-state index < -0.39 is 0 Å². The largest absolute Gasteiger partial charge is 0.507 e. The average Bonchev–Trinajstić information content (AvgIpc) is 3.08. The molecular weight excluding hydrogens is 292 g/mol. The number of fused-ring (bicyclic) bond motifs is 2. The number of anilines is 2. The summed E-state index contributed by atoms with van der Waals surface area (Å²) in [5.41, 5.74) is 7.97. The summed E-state index contributed by atoms with van der Waals surface area (Å²) in [7, 11) is 0. The number of nitrogens with zero attached hydrogens (tertiary/aromatic N) is 1. The topological polar surface area (TPSA) is 83.6 Å². The van der Waals surface area contributed by atoms with Gasteiger partial charge in [-0.2, -0.15) is 0 Å². The van der Waals surface area contributed by atoms with Crippen LogP contribution >= 0.6 is 0 Å². The molecule has 2 aromatic rings. The van der Waals surface area contributed by atoms with E-state index in [4.69, 9.17) is 5.73 Å². The number of rotatable bonds is 1. The smallest absolute Gasteiger partial charge is 0.198 e. The lowest BCUT2D eigenvalue weighted by atomic mass is 9.82. The van der Waals surface area contributed by atoms with Crippen molar-refractivity contribution in [3.63, 3.8) is 0 Å². The van der Waals surface area contributed by atoms with E-state index in [0.717, 1.165) is 25.9 Å². The Labute approximate surface area is 133 Å². The summed E-state index contributed by atoms with van der Waals surface area (Å²) in [5.74, 6) is -0.833. The third kappa shape index (κ3) is 1.86. The summed E-state index contributed by atoms with van der Waals surface area (Å²) in [6.07, 6.45) is 2.10. The second kappa shape index (κ2) is 4.84. The molecule has 0 bridgehead atoms. The summed E-state index contributed by atoms with van der Waals surface area (Å²) in [4.78, 5) is 27.6. The first kappa shape index (κ1) is 13.8. The minimum absolute atomic E-state index is 0.0224. The van der Waals surface area contributed by atoms with Crippen molar-refractivity contribution in [3.05, 3.63) is 52.6 Å². The number of nitrogen functional groups attached to an aromatic ring is 1. The van der Waals surface area contributed by atoms with E-state index in [1.165, 1.54) is 6.07 Å². The lowest BCUT2D eigenvalue weighted by Gasteiger charge is -2.26. The summed E-state index contributed by atoms with van der Waals surface area (Å²) in [6, 6.07) is 8.15. The molecule has 1 saturated heterocycles. The van der Waals surface area contributed by atoms with Crippen LogP contribution in [0.4, 0.5) is 11.4 Å². The Bertz CT molecular complexity index is 852. The number of carbonyl (C=O) groups excluding carboxylic acids is 2. The summed E-state index contributed by atoms with van der Waals surface area (Å²) in [6.45, 7) is 1.67. The van der Waals surface area contributed by atoms with E-state index in [9.17, 15) is 14.7 Å². The first-order chi connectivity index (χ1) is 11.1. The van der Waals surface area contributed by atoms with Gasteiger partial charge in [-0.25, -0.2) is 0 Å². The summed E-state index contributed by atoms with van der Waals surface area (Å²) in [5, 5.41) is 10.4. The molecule has 5 heteroatoms. The number of hydrogen-bond acceptors (Lipinski definition) is 5. The van der Waals surface area contributed by atoms with Gasteiger partial charge in [0.1, 0.15) is 5.75 Å². The van der Waals surface area contributed by atoms with Crippen LogP contribution in [0.25, 0.3) is 0 Å². The SMILES string of the molecule is Nc1c(N2CCCC2)cc(O)c2c1C(=O)c1ccccc1C2=O. The third-order valence-corrected chi connectivity index (χ3v) is 4.64. The van der Waals surface area contributed by atoms with Gasteiger partial charge in [-0.15, -0.1) is 0 Å². The van der Waals surface area contributed by atoms with Crippen LogP contribution < -0.4 is 10.6 Å². The van der Waals surface area contributed by atoms with E-state index in [2.05, 4.69) is 0 Å². The minimum atomic E-state index is -0.354. The first-order valence-electron chi connectivity index (χ1n) is 7.68. The Hall–Kier alpha value is -2.82. The van der Waals surface area contributed by atoms with Gasteiger partial charge in [0, 0.05) is 30.3 Å². The molecule has 2 aromatic carbocycles. The number of nitrogens with two attached hydrogens (primary N) is 1. The van der Waals surface area contributed by atoms with Crippen LogP contribution in [-0.4, -0.2) is 29.8 Å². The van der Waals surface area contributed by atoms with Crippen molar-refractivity contribution in [2.24, 2.45) is 0 Å². The zero-order chi connectivity index (χ0) is 16.1. The van der Waals surface area contributed by atoms with Crippen LogP contribution in [-0.2, 0) is 0 Å².